The third-order valence-electron chi connectivity index (χ3n) is 3.46. The zero-order valence-corrected chi connectivity index (χ0v) is 11.4. The van der Waals surface area contributed by atoms with Crippen molar-refractivity contribution in [2.45, 2.75) is 18.4 Å². The van der Waals surface area contributed by atoms with Gasteiger partial charge in [0.25, 0.3) is 5.69 Å². The monoisotopic (exact) mass is 298 g/mol. The normalized spacial score (nSPS) is 16.9. The van der Waals surface area contributed by atoms with Crippen LogP contribution in [0, 0.1) is 21.8 Å². The van der Waals surface area contributed by atoms with Gasteiger partial charge in [0.05, 0.1) is 18.1 Å². The number of methoxy groups -OCH3 is 1. The molecular formula is C13H15FN2O5. The van der Waals surface area contributed by atoms with Crippen molar-refractivity contribution in [3.8, 4) is 5.75 Å². The summed E-state index contributed by atoms with van der Waals surface area (Å²) in [5, 5.41) is 10.5. The topological polar surface area (TPSA) is 105 Å². The smallest absolute Gasteiger partial charge is 0.329 e. The minimum Gasteiger partial charge on any atom is -0.488 e. The molecular weight excluding hydrogens is 283 g/mol. The first-order valence-corrected chi connectivity index (χ1v) is 6.32. The summed E-state index contributed by atoms with van der Waals surface area (Å²) in [4.78, 5) is 21.6. The molecule has 114 valence electrons. The van der Waals surface area contributed by atoms with Gasteiger partial charge in [-0.05, 0) is 24.8 Å². The molecule has 8 heteroatoms. The molecule has 0 aromatic heterocycles. The fraction of sp³-hybridized carbons (Fsp3) is 0.462. The average Bonchev–Trinajstić information content (AvgIpc) is 3.29. The number of benzene rings is 1. The highest BCUT2D eigenvalue weighted by molar-refractivity contribution is 5.81. The first kappa shape index (κ1) is 15.2. The molecule has 0 spiro atoms. The average molecular weight is 298 g/mol. The number of nitro benzene ring substituents is 1. The van der Waals surface area contributed by atoms with Crippen molar-refractivity contribution in [1.29, 1.82) is 0 Å². The van der Waals surface area contributed by atoms with Gasteiger partial charge >= 0.3 is 5.97 Å². The highest BCUT2D eigenvalue weighted by Crippen LogP contribution is 2.39. The standard InChI is InChI=1S/C13H15FN2O5/c1-20-12(17)13(15,8-2-3-8)7-21-11-5-4-9(16(18)19)6-10(11)14/h4-6,8H,2-3,7,15H2,1H3. The summed E-state index contributed by atoms with van der Waals surface area (Å²) in [6, 6.07) is 3.01. The van der Waals surface area contributed by atoms with Crippen molar-refractivity contribution in [3.05, 3.63) is 34.1 Å². The Balaban J connectivity index is 2.11. The first-order valence-electron chi connectivity index (χ1n) is 6.32. The summed E-state index contributed by atoms with van der Waals surface area (Å²) >= 11 is 0. The third kappa shape index (κ3) is 3.10. The van der Waals surface area contributed by atoms with Gasteiger partial charge in [0.15, 0.2) is 17.1 Å². The van der Waals surface area contributed by atoms with E-state index in [2.05, 4.69) is 4.74 Å². The van der Waals surface area contributed by atoms with Gasteiger partial charge in [0, 0.05) is 6.07 Å². The number of esters is 1. The van der Waals surface area contributed by atoms with E-state index in [1.54, 1.807) is 0 Å². The molecule has 0 bridgehead atoms. The second-order valence-electron chi connectivity index (χ2n) is 4.97. The molecule has 1 fully saturated rings. The van der Waals surface area contributed by atoms with E-state index in [1.807, 2.05) is 0 Å². The van der Waals surface area contributed by atoms with Crippen molar-refractivity contribution in [3.63, 3.8) is 0 Å². The molecule has 1 aliphatic rings. The van der Waals surface area contributed by atoms with Crippen LogP contribution >= 0.6 is 0 Å². The van der Waals surface area contributed by atoms with E-state index in [0.717, 1.165) is 31.0 Å². The lowest BCUT2D eigenvalue weighted by atomic mass is 9.96. The molecule has 21 heavy (non-hydrogen) atoms. The summed E-state index contributed by atoms with van der Waals surface area (Å²) in [5.41, 5.74) is 4.29. The number of carbonyl (C=O) groups excluding carboxylic acids is 1. The molecule has 0 saturated heterocycles. The van der Waals surface area contributed by atoms with Crippen molar-refractivity contribution < 1.29 is 23.6 Å². The van der Waals surface area contributed by atoms with Crippen LogP contribution in [0.4, 0.5) is 10.1 Å². The van der Waals surface area contributed by atoms with Crippen LogP contribution < -0.4 is 10.5 Å². The van der Waals surface area contributed by atoms with Crippen molar-refractivity contribution in [2.75, 3.05) is 13.7 Å². The Kier molecular flexibility index (Phi) is 4.08. The molecule has 1 aromatic carbocycles. The molecule has 0 amide bonds. The Morgan fingerprint density at radius 2 is 2.24 bits per heavy atom. The summed E-state index contributed by atoms with van der Waals surface area (Å²) in [5.74, 6) is -1.76. The molecule has 0 heterocycles. The summed E-state index contributed by atoms with van der Waals surface area (Å²) < 4.78 is 23.6. The number of nitrogens with zero attached hydrogens (tertiary/aromatic N) is 1. The van der Waals surface area contributed by atoms with Gasteiger partial charge in [-0.25, -0.2) is 9.18 Å². The molecule has 1 aromatic rings. The number of ether oxygens (including phenoxy) is 2. The Bertz CT molecular complexity index is 576. The van der Waals surface area contributed by atoms with Gasteiger partial charge in [-0.2, -0.15) is 0 Å². The fourth-order valence-electron chi connectivity index (χ4n) is 2.05. The van der Waals surface area contributed by atoms with E-state index < -0.39 is 22.2 Å². The van der Waals surface area contributed by atoms with Crippen LogP contribution in [0.3, 0.4) is 0 Å². The SMILES string of the molecule is COC(=O)C(N)(COc1ccc([N+](=O)[O-])cc1F)C1CC1. The molecule has 1 aliphatic carbocycles. The number of hydrogen-bond acceptors (Lipinski definition) is 6. The van der Waals surface area contributed by atoms with Crippen LogP contribution in [0.5, 0.6) is 5.75 Å². The van der Waals surface area contributed by atoms with E-state index in [4.69, 9.17) is 10.5 Å². The number of nitro groups is 1. The zero-order valence-electron chi connectivity index (χ0n) is 11.4. The maximum absolute atomic E-state index is 13.7. The second-order valence-corrected chi connectivity index (χ2v) is 4.97. The van der Waals surface area contributed by atoms with Crippen LogP contribution in [0.25, 0.3) is 0 Å². The van der Waals surface area contributed by atoms with Crippen LogP contribution in [0.2, 0.25) is 0 Å². The Morgan fingerprint density at radius 3 is 2.71 bits per heavy atom. The summed E-state index contributed by atoms with van der Waals surface area (Å²) in [6.07, 6.45) is 1.55. The van der Waals surface area contributed by atoms with E-state index in [9.17, 15) is 19.3 Å². The molecule has 0 radical (unpaired) electrons. The Labute approximate surface area is 120 Å². The third-order valence-corrected chi connectivity index (χ3v) is 3.46. The van der Waals surface area contributed by atoms with E-state index in [0.29, 0.717) is 0 Å². The molecule has 1 unspecified atom stereocenters. The Hall–Kier alpha value is -2.22. The summed E-state index contributed by atoms with van der Waals surface area (Å²) in [7, 11) is 1.22. The predicted octanol–water partition coefficient (Wildman–Crippen LogP) is 1.39. The quantitative estimate of drug-likeness (QED) is 0.483. The van der Waals surface area contributed by atoms with E-state index in [-0.39, 0.29) is 24.0 Å². The minimum absolute atomic E-state index is 0.0638. The van der Waals surface area contributed by atoms with Crippen LogP contribution in [-0.2, 0) is 9.53 Å². The number of rotatable bonds is 6. The van der Waals surface area contributed by atoms with E-state index in [1.165, 1.54) is 7.11 Å². The molecule has 1 atom stereocenters. The number of nitrogens with two attached hydrogens (primary N) is 1. The van der Waals surface area contributed by atoms with E-state index >= 15 is 0 Å². The van der Waals surface area contributed by atoms with Crippen molar-refractivity contribution >= 4 is 11.7 Å². The predicted molar refractivity (Wildman–Crippen MR) is 70.2 cm³/mol. The maximum Gasteiger partial charge on any atom is 0.329 e. The van der Waals surface area contributed by atoms with Crippen molar-refractivity contribution in [1.82, 2.24) is 0 Å². The van der Waals surface area contributed by atoms with Gasteiger partial charge in [-0.1, -0.05) is 0 Å². The zero-order chi connectivity index (χ0) is 15.6. The molecule has 2 N–H and O–H groups in total. The van der Waals surface area contributed by atoms with Gasteiger partial charge in [0.2, 0.25) is 0 Å². The maximum atomic E-state index is 13.7. The van der Waals surface area contributed by atoms with Gasteiger partial charge in [-0.3, -0.25) is 10.1 Å². The van der Waals surface area contributed by atoms with Crippen LogP contribution in [0.15, 0.2) is 18.2 Å². The highest BCUT2D eigenvalue weighted by Gasteiger charge is 2.50. The van der Waals surface area contributed by atoms with Crippen molar-refractivity contribution in [2.24, 2.45) is 11.7 Å². The number of non-ortho nitro benzene ring substituents is 1. The molecule has 0 aliphatic heterocycles. The minimum atomic E-state index is -1.33. The molecule has 1 saturated carbocycles. The Morgan fingerprint density at radius 1 is 1.57 bits per heavy atom. The van der Waals surface area contributed by atoms with Crippen LogP contribution in [-0.4, -0.2) is 30.1 Å². The molecule has 2 rings (SSSR count). The van der Waals surface area contributed by atoms with Gasteiger partial charge < -0.3 is 15.2 Å². The highest BCUT2D eigenvalue weighted by atomic mass is 19.1. The number of hydrogen-bond donors (Lipinski definition) is 1. The fourth-order valence-corrected chi connectivity index (χ4v) is 2.05. The lowest BCUT2D eigenvalue weighted by molar-refractivity contribution is -0.385. The van der Waals surface area contributed by atoms with Crippen LogP contribution in [0.1, 0.15) is 12.8 Å². The second kappa shape index (κ2) is 5.65. The van der Waals surface area contributed by atoms with Gasteiger partial charge in [-0.15, -0.1) is 0 Å². The first-order chi connectivity index (χ1) is 9.88. The largest absolute Gasteiger partial charge is 0.488 e. The summed E-state index contributed by atoms with van der Waals surface area (Å²) in [6.45, 7) is -0.251. The number of halogens is 1. The molecule has 7 nitrogen and oxygen atoms in total. The lowest BCUT2D eigenvalue weighted by Crippen LogP contribution is -2.55. The van der Waals surface area contributed by atoms with Gasteiger partial charge in [0.1, 0.15) is 6.61 Å². The number of carbonyl (C=O) groups is 1. The lowest BCUT2D eigenvalue weighted by Gasteiger charge is -2.26.